The second-order valence-electron chi connectivity index (χ2n) is 11.0. The predicted molar refractivity (Wildman–Crippen MR) is 196 cm³/mol. The van der Waals surface area contributed by atoms with Crippen molar-refractivity contribution in [2.75, 3.05) is 23.0 Å². The Labute approximate surface area is 288 Å². The van der Waals surface area contributed by atoms with Crippen molar-refractivity contribution in [1.29, 1.82) is 0 Å². The van der Waals surface area contributed by atoms with Crippen LogP contribution in [0.5, 0.6) is 5.75 Å². The molecule has 0 radical (unpaired) electrons. The number of nitrogens with zero attached hydrogens (tertiary/aromatic N) is 1. The molecule has 0 aliphatic rings. The van der Waals surface area contributed by atoms with Crippen LogP contribution in [0.2, 0.25) is 0 Å². The number of thiazole rings is 1. The summed E-state index contributed by atoms with van der Waals surface area (Å²) < 4.78 is 5.49. The average molecular weight is 677 g/mol. The van der Waals surface area contributed by atoms with E-state index in [0.29, 0.717) is 28.9 Å². The second kappa shape index (κ2) is 16.6. The Bertz CT molecular complexity index is 1870. The molecule has 8 nitrogen and oxygen atoms in total. The number of thioether (sulfide) groups is 1. The highest BCUT2D eigenvalue weighted by molar-refractivity contribution is 8.00. The fourth-order valence-electron chi connectivity index (χ4n) is 4.58. The van der Waals surface area contributed by atoms with E-state index in [0.717, 1.165) is 27.5 Å². The number of nitrogens with one attached hydrogen (secondary N) is 3. The smallest absolute Gasteiger partial charge is 0.272 e. The minimum absolute atomic E-state index is 0.115. The number of rotatable bonds is 13. The summed E-state index contributed by atoms with van der Waals surface area (Å²) in [6.07, 6.45) is 1.66. The molecule has 0 atom stereocenters. The van der Waals surface area contributed by atoms with Crippen LogP contribution in [0.25, 0.3) is 17.3 Å². The normalized spacial score (nSPS) is 11.2. The SMILES string of the molecule is CCOc1ccc(-c2csc(NC(=O)CSc3ccc(NC(=O)/C(=C/c4ccc(C(C)C)cc4)NC(=O)c4ccccc4)cc3)n2)cc1. The maximum absolute atomic E-state index is 13.4. The number of ether oxygens (including phenoxy) is 1. The molecule has 3 N–H and O–H groups in total. The minimum atomic E-state index is -0.458. The molecule has 0 spiro atoms. The van der Waals surface area contributed by atoms with Gasteiger partial charge in [-0.3, -0.25) is 14.4 Å². The molecule has 10 heteroatoms. The van der Waals surface area contributed by atoms with Crippen molar-refractivity contribution >= 4 is 57.7 Å². The Balaban J connectivity index is 1.18. The van der Waals surface area contributed by atoms with Gasteiger partial charge in [0.1, 0.15) is 11.4 Å². The van der Waals surface area contributed by atoms with Crippen LogP contribution in [-0.2, 0) is 9.59 Å². The molecule has 1 heterocycles. The van der Waals surface area contributed by atoms with Gasteiger partial charge in [0, 0.05) is 27.1 Å². The maximum Gasteiger partial charge on any atom is 0.272 e. The van der Waals surface area contributed by atoms with Gasteiger partial charge >= 0.3 is 0 Å². The molecule has 5 rings (SSSR count). The van der Waals surface area contributed by atoms with Crippen molar-refractivity contribution < 1.29 is 19.1 Å². The summed E-state index contributed by atoms with van der Waals surface area (Å²) in [6.45, 7) is 6.78. The number of hydrogen-bond donors (Lipinski definition) is 3. The third-order valence-corrected chi connectivity index (χ3v) is 8.91. The molecule has 0 aliphatic heterocycles. The lowest BCUT2D eigenvalue weighted by molar-refractivity contribution is -0.114. The highest BCUT2D eigenvalue weighted by atomic mass is 32.2. The lowest BCUT2D eigenvalue weighted by Crippen LogP contribution is -2.30. The van der Waals surface area contributed by atoms with Crippen molar-refractivity contribution in [2.24, 2.45) is 0 Å². The molecule has 1 aromatic heterocycles. The predicted octanol–water partition coefficient (Wildman–Crippen LogP) is 8.47. The van der Waals surface area contributed by atoms with E-state index >= 15 is 0 Å². The van der Waals surface area contributed by atoms with Gasteiger partial charge in [0.2, 0.25) is 5.91 Å². The van der Waals surface area contributed by atoms with Crippen molar-refractivity contribution in [1.82, 2.24) is 10.3 Å². The molecule has 48 heavy (non-hydrogen) atoms. The maximum atomic E-state index is 13.4. The summed E-state index contributed by atoms with van der Waals surface area (Å²) in [7, 11) is 0. The van der Waals surface area contributed by atoms with Gasteiger partial charge in [0.05, 0.1) is 18.1 Å². The van der Waals surface area contributed by atoms with Gasteiger partial charge < -0.3 is 20.7 Å². The van der Waals surface area contributed by atoms with E-state index in [2.05, 4.69) is 34.8 Å². The first-order chi connectivity index (χ1) is 23.3. The van der Waals surface area contributed by atoms with Crippen molar-refractivity contribution in [3.05, 3.63) is 131 Å². The van der Waals surface area contributed by atoms with E-state index in [1.807, 2.05) is 79.0 Å². The van der Waals surface area contributed by atoms with Gasteiger partial charge in [-0.25, -0.2) is 4.98 Å². The van der Waals surface area contributed by atoms with Crippen LogP contribution in [0.3, 0.4) is 0 Å². The lowest BCUT2D eigenvalue weighted by Gasteiger charge is -2.12. The molecule has 0 unspecified atom stereocenters. The van der Waals surface area contributed by atoms with E-state index in [-0.39, 0.29) is 23.3 Å². The molecular weight excluding hydrogens is 641 g/mol. The monoisotopic (exact) mass is 676 g/mol. The fourth-order valence-corrected chi connectivity index (χ4v) is 6.01. The van der Waals surface area contributed by atoms with Crippen LogP contribution >= 0.6 is 23.1 Å². The number of amides is 3. The van der Waals surface area contributed by atoms with Crippen LogP contribution in [0, 0.1) is 0 Å². The first-order valence-electron chi connectivity index (χ1n) is 15.5. The molecule has 0 saturated carbocycles. The Morgan fingerprint density at radius 1 is 0.875 bits per heavy atom. The largest absolute Gasteiger partial charge is 0.494 e. The van der Waals surface area contributed by atoms with Crippen molar-refractivity contribution in [3.63, 3.8) is 0 Å². The highest BCUT2D eigenvalue weighted by Crippen LogP contribution is 2.27. The number of hydrogen-bond acceptors (Lipinski definition) is 7. The molecule has 0 aliphatic carbocycles. The number of aromatic nitrogens is 1. The van der Waals surface area contributed by atoms with E-state index in [9.17, 15) is 14.4 Å². The summed E-state index contributed by atoms with van der Waals surface area (Å²) >= 11 is 2.74. The number of carbonyl (C=O) groups is 3. The van der Waals surface area contributed by atoms with Gasteiger partial charge in [-0.1, -0.05) is 56.3 Å². The van der Waals surface area contributed by atoms with Crippen LogP contribution in [0.15, 0.2) is 119 Å². The molecular formula is C38H36N4O4S2. The summed E-state index contributed by atoms with van der Waals surface area (Å²) in [6, 6.07) is 31.5. The zero-order valence-electron chi connectivity index (χ0n) is 26.9. The molecule has 0 bridgehead atoms. The number of benzene rings is 4. The first kappa shape index (κ1) is 34.2. The highest BCUT2D eigenvalue weighted by Gasteiger charge is 2.16. The molecule has 5 aromatic rings. The van der Waals surface area contributed by atoms with Crippen LogP contribution in [0.4, 0.5) is 10.8 Å². The van der Waals surface area contributed by atoms with Gasteiger partial charge in [-0.2, -0.15) is 0 Å². The van der Waals surface area contributed by atoms with Crippen LogP contribution in [0.1, 0.15) is 48.2 Å². The quantitative estimate of drug-likeness (QED) is 0.0853. The molecule has 244 valence electrons. The first-order valence-corrected chi connectivity index (χ1v) is 17.3. The standard InChI is InChI=1S/C38H36N4O4S2/c1-4-46-31-18-14-28(15-19-31)34-23-48-38(41-34)42-35(43)24-47-32-20-16-30(17-21-32)39-37(45)33(40-36(44)29-8-6-5-7-9-29)22-26-10-12-27(13-11-26)25(2)3/h5-23,25H,4,24H2,1-3H3,(H,39,45)(H,40,44)(H,41,42,43)/b33-22-. The van der Waals surface area contributed by atoms with Gasteiger partial charge in [0.25, 0.3) is 11.8 Å². The van der Waals surface area contributed by atoms with Crippen molar-refractivity contribution in [3.8, 4) is 17.0 Å². The van der Waals surface area contributed by atoms with E-state index in [4.69, 9.17) is 4.74 Å². The zero-order chi connectivity index (χ0) is 33.9. The Morgan fingerprint density at radius 3 is 2.25 bits per heavy atom. The van der Waals surface area contributed by atoms with Gasteiger partial charge in [0.15, 0.2) is 5.13 Å². The number of carbonyl (C=O) groups excluding carboxylic acids is 3. The lowest BCUT2D eigenvalue weighted by atomic mass is 10.0. The third-order valence-electron chi connectivity index (χ3n) is 7.14. The summed E-state index contributed by atoms with van der Waals surface area (Å²) in [5.74, 6) is 0.356. The third kappa shape index (κ3) is 9.66. The van der Waals surface area contributed by atoms with E-state index in [1.54, 1.807) is 42.5 Å². The van der Waals surface area contributed by atoms with Crippen LogP contribution in [-0.4, -0.2) is 35.1 Å². The number of anilines is 2. The molecule has 4 aromatic carbocycles. The molecule has 0 fully saturated rings. The van der Waals surface area contributed by atoms with E-state index < -0.39 is 5.91 Å². The van der Waals surface area contributed by atoms with Gasteiger partial charge in [-0.15, -0.1) is 23.1 Å². The van der Waals surface area contributed by atoms with E-state index in [1.165, 1.54) is 28.7 Å². The average Bonchev–Trinajstić information content (AvgIpc) is 3.57. The molecule has 3 amide bonds. The minimum Gasteiger partial charge on any atom is -0.494 e. The molecule has 0 saturated heterocycles. The fraction of sp³-hybridized carbons (Fsp3) is 0.158. The Hall–Kier alpha value is -5.19. The van der Waals surface area contributed by atoms with Gasteiger partial charge in [-0.05, 0) is 90.7 Å². The Morgan fingerprint density at radius 2 is 1.58 bits per heavy atom. The zero-order valence-corrected chi connectivity index (χ0v) is 28.5. The summed E-state index contributed by atoms with van der Waals surface area (Å²) in [5, 5.41) is 10.9. The second-order valence-corrected chi connectivity index (χ2v) is 12.9. The van der Waals surface area contributed by atoms with Crippen LogP contribution < -0.4 is 20.7 Å². The van der Waals surface area contributed by atoms with Crippen molar-refractivity contribution in [2.45, 2.75) is 31.6 Å². The topological polar surface area (TPSA) is 109 Å². The summed E-state index contributed by atoms with van der Waals surface area (Å²) in [4.78, 5) is 44.4. The Kier molecular flexibility index (Phi) is 11.8. The summed E-state index contributed by atoms with van der Waals surface area (Å²) in [5.41, 5.74) is 4.80.